The molecule has 0 spiro atoms. The van der Waals surface area contributed by atoms with E-state index < -0.39 is 0 Å². The van der Waals surface area contributed by atoms with Gasteiger partial charge in [-0.2, -0.15) is 0 Å². The van der Waals surface area contributed by atoms with Gasteiger partial charge in [0.05, 0.1) is 28.4 Å². The van der Waals surface area contributed by atoms with Crippen molar-refractivity contribution in [3.05, 3.63) is 47.5 Å². The van der Waals surface area contributed by atoms with Gasteiger partial charge in [-0.05, 0) is 42.7 Å². The van der Waals surface area contributed by atoms with E-state index in [0.717, 1.165) is 31.4 Å². The molecule has 6 heteroatoms. The third-order valence-electron chi connectivity index (χ3n) is 6.03. The van der Waals surface area contributed by atoms with Gasteiger partial charge in [-0.1, -0.05) is 31.4 Å². The Morgan fingerprint density at radius 1 is 0.867 bits per heavy atom. The molecular weight excluding hydrogens is 382 g/mol. The van der Waals surface area contributed by atoms with Gasteiger partial charge in [-0.15, -0.1) is 0 Å². The van der Waals surface area contributed by atoms with Crippen molar-refractivity contribution in [3.63, 3.8) is 0 Å². The molecule has 0 aromatic heterocycles. The first-order chi connectivity index (χ1) is 14.6. The summed E-state index contributed by atoms with van der Waals surface area (Å²) in [4.78, 5) is 13.0. The molecule has 162 valence electrons. The minimum absolute atomic E-state index is 0.0686. The van der Waals surface area contributed by atoms with Crippen LogP contribution in [0.5, 0.6) is 23.0 Å². The maximum atomic E-state index is 13.0. The third-order valence-corrected chi connectivity index (χ3v) is 6.03. The fourth-order valence-electron chi connectivity index (χ4n) is 4.30. The summed E-state index contributed by atoms with van der Waals surface area (Å²) in [7, 11) is 6.30. The molecule has 1 amide bonds. The van der Waals surface area contributed by atoms with Gasteiger partial charge in [0, 0.05) is 17.5 Å². The number of carbonyl (C=O) groups excluding carboxylic acids is 1. The van der Waals surface area contributed by atoms with Gasteiger partial charge in [0.2, 0.25) is 5.75 Å². The lowest BCUT2D eigenvalue weighted by atomic mass is 9.69. The van der Waals surface area contributed by atoms with E-state index in [9.17, 15) is 4.79 Å². The highest BCUT2D eigenvalue weighted by atomic mass is 16.5. The summed E-state index contributed by atoms with van der Waals surface area (Å²) in [5.74, 6) is 2.08. The highest BCUT2D eigenvalue weighted by molar-refractivity contribution is 5.95. The van der Waals surface area contributed by atoms with Crippen LogP contribution < -0.4 is 24.3 Å². The zero-order valence-electron chi connectivity index (χ0n) is 18.2. The standard InChI is InChI=1S/C24H31NO5/c1-27-19-10-8-18(9-11-19)24(12-6-5-7-13-24)16-25-23(26)17-14-20(28-2)22(30-4)21(15-17)29-3/h8-11,14-15H,5-7,12-13,16H2,1-4H3,(H,25,26). The van der Waals surface area contributed by atoms with E-state index in [0.29, 0.717) is 29.4 Å². The van der Waals surface area contributed by atoms with Crippen LogP contribution in [0.1, 0.15) is 48.0 Å². The molecule has 3 rings (SSSR count). The van der Waals surface area contributed by atoms with Crippen LogP contribution >= 0.6 is 0 Å². The minimum Gasteiger partial charge on any atom is -0.497 e. The molecule has 0 heterocycles. The Balaban J connectivity index is 1.82. The minimum atomic E-state index is -0.160. The Morgan fingerprint density at radius 2 is 1.47 bits per heavy atom. The number of ether oxygens (including phenoxy) is 4. The van der Waals surface area contributed by atoms with E-state index >= 15 is 0 Å². The van der Waals surface area contributed by atoms with Crippen LogP contribution in [0.2, 0.25) is 0 Å². The first kappa shape index (κ1) is 21.8. The van der Waals surface area contributed by atoms with E-state index in [1.54, 1.807) is 40.6 Å². The molecule has 1 aliphatic rings. The van der Waals surface area contributed by atoms with Crippen molar-refractivity contribution in [1.29, 1.82) is 0 Å². The number of carbonyl (C=O) groups is 1. The fourth-order valence-corrected chi connectivity index (χ4v) is 4.30. The summed E-state index contributed by atoms with van der Waals surface area (Å²) in [5, 5.41) is 3.15. The molecule has 1 aliphatic carbocycles. The zero-order chi connectivity index (χ0) is 21.6. The maximum Gasteiger partial charge on any atom is 0.251 e. The Labute approximate surface area is 178 Å². The predicted molar refractivity (Wildman–Crippen MR) is 116 cm³/mol. The number of nitrogens with one attached hydrogen (secondary N) is 1. The fraction of sp³-hybridized carbons (Fsp3) is 0.458. The van der Waals surface area contributed by atoms with Crippen LogP contribution in [0.25, 0.3) is 0 Å². The normalized spacial score (nSPS) is 15.2. The van der Waals surface area contributed by atoms with Crippen molar-refractivity contribution in [3.8, 4) is 23.0 Å². The van der Waals surface area contributed by atoms with Crippen LogP contribution in [-0.4, -0.2) is 40.9 Å². The molecule has 0 aliphatic heterocycles. The summed E-state index contributed by atoms with van der Waals surface area (Å²) < 4.78 is 21.4. The van der Waals surface area contributed by atoms with E-state index in [1.807, 2.05) is 12.1 Å². The molecule has 1 fully saturated rings. The smallest absolute Gasteiger partial charge is 0.251 e. The van der Waals surface area contributed by atoms with Crippen molar-refractivity contribution in [2.24, 2.45) is 0 Å². The lowest BCUT2D eigenvalue weighted by molar-refractivity contribution is 0.0935. The molecule has 0 unspecified atom stereocenters. The summed E-state index contributed by atoms with van der Waals surface area (Å²) in [6.45, 7) is 0.578. The summed E-state index contributed by atoms with van der Waals surface area (Å²) >= 11 is 0. The van der Waals surface area contributed by atoms with Gasteiger partial charge in [-0.25, -0.2) is 0 Å². The van der Waals surface area contributed by atoms with Crippen LogP contribution in [0, 0.1) is 0 Å². The summed E-state index contributed by atoms with van der Waals surface area (Å²) in [6.07, 6.45) is 5.65. The topological polar surface area (TPSA) is 66.0 Å². The molecule has 2 aromatic carbocycles. The van der Waals surface area contributed by atoms with E-state index in [4.69, 9.17) is 18.9 Å². The number of amides is 1. The Hall–Kier alpha value is -2.89. The third kappa shape index (κ3) is 4.48. The molecular formula is C24H31NO5. The van der Waals surface area contributed by atoms with E-state index in [2.05, 4.69) is 17.4 Å². The Morgan fingerprint density at radius 3 is 1.97 bits per heavy atom. The lowest BCUT2D eigenvalue weighted by Gasteiger charge is -2.38. The van der Waals surface area contributed by atoms with Gasteiger partial charge in [0.1, 0.15) is 5.75 Å². The quantitative estimate of drug-likeness (QED) is 0.697. The highest BCUT2D eigenvalue weighted by Gasteiger charge is 2.34. The van der Waals surface area contributed by atoms with Crippen molar-refractivity contribution < 1.29 is 23.7 Å². The van der Waals surface area contributed by atoms with E-state index in [-0.39, 0.29) is 11.3 Å². The number of hydrogen-bond donors (Lipinski definition) is 1. The van der Waals surface area contributed by atoms with Gasteiger partial charge >= 0.3 is 0 Å². The molecule has 1 N–H and O–H groups in total. The number of benzene rings is 2. The highest BCUT2D eigenvalue weighted by Crippen LogP contribution is 2.40. The van der Waals surface area contributed by atoms with Crippen LogP contribution in [0.4, 0.5) is 0 Å². The maximum absolute atomic E-state index is 13.0. The second-order valence-electron chi connectivity index (χ2n) is 7.67. The molecule has 0 saturated heterocycles. The van der Waals surface area contributed by atoms with Gasteiger partial charge < -0.3 is 24.3 Å². The molecule has 1 saturated carbocycles. The monoisotopic (exact) mass is 413 g/mol. The lowest BCUT2D eigenvalue weighted by Crippen LogP contribution is -2.42. The SMILES string of the molecule is COc1ccc(C2(CNC(=O)c3cc(OC)c(OC)c(OC)c3)CCCCC2)cc1. The number of methoxy groups -OCH3 is 4. The molecule has 30 heavy (non-hydrogen) atoms. The van der Waals surface area contributed by atoms with Gasteiger partial charge in [0.25, 0.3) is 5.91 Å². The second-order valence-corrected chi connectivity index (χ2v) is 7.67. The molecule has 0 radical (unpaired) electrons. The molecule has 6 nitrogen and oxygen atoms in total. The first-order valence-corrected chi connectivity index (χ1v) is 10.3. The van der Waals surface area contributed by atoms with E-state index in [1.165, 1.54) is 12.0 Å². The van der Waals surface area contributed by atoms with Gasteiger partial charge in [0.15, 0.2) is 11.5 Å². The molecule has 0 atom stereocenters. The average molecular weight is 414 g/mol. The zero-order valence-corrected chi connectivity index (χ0v) is 18.2. The summed E-state index contributed by atoms with van der Waals surface area (Å²) in [5.41, 5.74) is 1.65. The van der Waals surface area contributed by atoms with Crippen molar-refractivity contribution >= 4 is 5.91 Å². The van der Waals surface area contributed by atoms with Crippen molar-refractivity contribution in [2.75, 3.05) is 35.0 Å². The average Bonchev–Trinajstić information content (AvgIpc) is 2.82. The number of rotatable bonds is 8. The van der Waals surface area contributed by atoms with Crippen molar-refractivity contribution in [2.45, 2.75) is 37.5 Å². The Bertz CT molecular complexity index is 831. The molecule has 2 aromatic rings. The Kier molecular flexibility index (Phi) is 7.08. The first-order valence-electron chi connectivity index (χ1n) is 10.3. The number of hydrogen-bond acceptors (Lipinski definition) is 5. The second kappa shape index (κ2) is 9.74. The van der Waals surface area contributed by atoms with Crippen molar-refractivity contribution in [1.82, 2.24) is 5.32 Å². The largest absolute Gasteiger partial charge is 0.497 e. The van der Waals surface area contributed by atoms with Crippen LogP contribution in [0.3, 0.4) is 0 Å². The van der Waals surface area contributed by atoms with Crippen LogP contribution in [-0.2, 0) is 5.41 Å². The van der Waals surface area contributed by atoms with Crippen LogP contribution in [0.15, 0.2) is 36.4 Å². The summed E-state index contributed by atoms with van der Waals surface area (Å²) in [6, 6.07) is 11.6. The molecule has 0 bridgehead atoms. The van der Waals surface area contributed by atoms with Gasteiger partial charge in [-0.3, -0.25) is 4.79 Å². The predicted octanol–water partition coefficient (Wildman–Crippen LogP) is 4.35.